The number of carbonyl (C=O) groups excluding carboxylic acids is 10. The maximum Gasteiger partial charge on any atom is 0.416 e. The molecule has 3 saturated carbocycles. The number of carbonyl (C=O) groups is 11. The lowest BCUT2D eigenvalue weighted by atomic mass is 9.82. The minimum absolute atomic E-state index is 0.0548. The lowest BCUT2D eigenvalue weighted by Crippen LogP contribution is -2.70. The Morgan fingerprint density at radius 1 is 0.453 bits per heavy atom. The number of ether oxygens (including phenoxy) is 4. The van der Waals surface area contributed by atoms with Gasteiger partial charge in [0.25, 0.3) is 11.8 Å². The summed E-state index contributed by atoms with van der Waals surface area (Å²) in [7, 11) is 5.76. The van der Waals surface area contributed by atoms with Crippen molar-refractivity contribution >= 4 is 83.2 Å². The number of imide groups is 3. The number of rotatable bonds is 25. The van der Waals surface area contributed by atoms with Crippen LogP contribution in [-0.4, -0.2) is 176 Å². The third-order valence-electron chi connectivity index (χ3n) is 22.2. The lowest BCUT2D eigenvalue weighted by molar-refractivity contribution is -0.165. The second-order valence-electron chi connectivity index (χ2n) is 32.9. The van der Waals surface area contributed by atoms with Gasteiger partial charge in [0, 0.05) is 36.7 Å². The van der Waals surface area contributed by atoms with Crippen LogP contribution in [0.1, 0.15) is 186 Å². The van der Waals surface area contributed by atoms with Crippen LogP contribution in [0.25, 0.3) is 0 Å². The Bertz CT molecular complexity index is 4270. The van der Waals surface area contributed by atoms with Crippen LogP contribution in [0.5, 0.6) is 11.5 Å². The first-order valence-electron chi connectivity index (χ1n) is 40.4. The smallest absolute Gasteiger partial charge is 0.416 e. The number of nitrogens with two attached hydrogens (primary N) is 1. The highest BCUT2D eigenvalue weighted by Crippen LogP contribution is 2.38. The van der Waals surface area contributed by atoms with Crippen molar-refractivity contribution in [1.29, 1.82) is 0 Å². The van der Waals surface area contributed by atoms with Crippen molar-refractivity contribution in [2.24, 2.45) is 35.5 Å². The number of anilines is 3. The predicted molar refractivity (Wildman–Crippen MR) is 433 cm³/mol. The van der Waals surface area contributed by atoms with Gasteiger partial charge in [0.15, 0.2) is 6.04 Å². The molecule has 2 aromatic carbocycles. The molecule has 3 aromatic heterocycles. The van der Waals surface area contributed by atoms with Gasteiger partial charge in [0.2, 0.25) is 17.7 Å². The van der Waals surface area contributed by atoms with E-state index in [4.69, 9.17) is 34.4 Å². The van der Waals surface area contributed by atoms with E-state index in [-0.39, 0.29) is 62.2 Å². The summed E-state index contributed by atoms with van der Waals surface area (Å²) in [5, 5.41) is 18.7. The number of aliphatic carboxylic acids is 1. The summed E-state index contributed by atoms with van der Waals surface area (Å²) in [6, 6.07) is 19.3. The van der Waals surface area contributed by atoms with Crippen LogP contribution in [0, 0.1) is 35.5 Å². The molecule has 6 heterocycles. The molecular formula is C85H116N14O18. The van der Waals surface area contributed by atoms with Crippen LogP contribution in [-0.2, 0) is 80.3 Å². The SMILES string of the molecule is CONC(=O)[C@@H]1[C@@H](Cc2ccnc(N(Cc3ccc(OC)cc3)C(=O)OC(C)(C)C)c2)C(=O)N1C(=O)N[C@H](C)C1CCCCC1.CONC(=O)[C@@H]1[C@@H](Cc2ccnc(N)c2)C(=O)N1C(=O)N[C@H](C)C1CCCCC1.COc1ccc(CN(C(=O)OC(C)(C)C)c2cc(C[C@H]3C(=O)N(C(=O)N[C@H](C)C4CCCCC4)[C@@H]3C(=O)O)ccn2)cc1. The first-order chi connectivity index (χ1) is 55.7. The molecule has 0 bridgehead atoms. The summed E-state index contributed by atoms with van der Waals surface area (Å²) in [5.41, 5.74) is 12.4. The fourth-order valence-electron chi connectivity index (χ4n) is 16.0. The summed E-state index contributed by atoms with van der Waals surface area (Å²) in [6.07, 6.45) is 20.4. The normalized spacial score (nSPS) is 20.4. The molecule has 117 heavy (non-hydrogen) atoms. The van der Waals surface area contributed by atoms with Gasteiger partial charge < -0.3 is 45.7 Å². The Labute approximate surface area is 684 Å². The first-order valence-corrected chi connectivity index (χ1v) is 40.4. The zero-order valence-electron chi connectivity index (χ0n) is 69.4. The van der Waals surface area contributed by atoms with Gasteiger partial charge in [0.05, 0.1) is 59.3 Å². The van der Waals surface area contributed by atoms with Crippen LogP contribution in [0.2, 0.25) is 0 Å². The average Bonchev–Trinajstić information content (AvgIpc) is 0.756. The Morgan fingerprint density at radius 2 is 0.761 bits per heavy atom. The van der Waals surface area contributed by atoms with Crippen molar-refractivity contribution < 1.29 is 86.5 Å². The molecule has 3 aliphatic heterocycles. The van der Waals surface area contributed by atoms with E-state index >= 15 is 0 Å². The van der Waals surface area contributed by atoms with Crippen molar-refractivity contribution in [2.45, 2.75) is 238 Å². The fraction of sp³-hybridized carbons (Fsp3) is 0.553. The quantitative estimate of drug-likeness (QED) is 0.0211. The number of β-lactam (4-membered cyclic amide) rings is 3. The standard InChI is InChI=1S/C33H45N5O7.C32H42N4O7.C20H29N5O4/c1-21(24-10-8-7-9-11-24)35-31(41)38-28(29(39)36-44-6)26(30(38)40)18-23-16-17-34-27(19-23)37(32(42)45-33(2,3)4)20-22-12-14-25(43-5)15-13-22;1-20(23-9-7-6-8-10-23)34-30(40)36-27(29(38)39)25(28(36)37)17-22-15-16-33-26(18-22)35(31(41)43-32(2,3)4)19-21-11-13-24(42-5)14-12-21;1-12(14-6-4-3-5-7-14)23-20(28)25-17(18(26)24-29-2)15(19(25)27)10-13-8-9-22-16(21)11-13/h12-17,19,21,24,26,28H,7-11,18,20H2,1-6H3,(H,35,41)(H,36,39);11-16,18,20,23,25,27H,6-10,17,19H2,1-5H3,(H,34,40)(H,38,39);8-9,11-12,14-15,17H,3-7,10H2,1-2H3,(H2,21,22)(H,23,28)(H,24,26)/t21-,26-,28+;20-,25-,27+;12-,15-,17+/m111/s1. The lowest BCUT2D eigenvalue weighted by Gasteiger charge is -2.44. The summed E-state index contributed by atoms with van der Waals surface area (Å²) in [4.78, 5) is 171. The number of urea groups is 3. The van der Waals surface area contributed by atoms with E-state index in [2.05, 4.69) is 41.9 Å². The molecule has 6 fully saturated rings. The molecule has 5 aromatic rings. The van der Waals surface area contributed by atoms with Crippen molar-refractivity contribution in [1.82, 2.24) is 56.6 Å². The van der Waals surface area contributed by atoms with Crippen molar-refractivity contribution in [3.05, 3.63) is 131 Å². The van der Waals surface area contributed by atoms with Crippen molar-refractivity contribution in [3.63, 3.8) is 0 Å². The van der Waals surface area contributed by atoms with Crippen molar-refractivity contribution in [3.8, 4) is 11.5 Å². The van der Waals surface area contributed by atoms with Gasteiger partial charge in [-0.2, -0.15) is 0 Å². The summed E-state index contributed by atoms with van der Waals surface area (Å²) < 4.78 is 21.8. The van der Waals surface area contributed by atoms with Crippen LogP contribution < -0.4 is 51.9 Å². The molecule has 32 heteroatoms. The molecule has 13 amide bonds. The van der Waals surface area contributed by atoms with Gasteiger partial charge >= 0.3 is 36.2 Å². The maximum atomic E-state index is 13.4. The number of nitrogens with zero attached hydrogens (tertiary/aromatic N) is 8. The minimum Gasteiger partial charge on any atom is -0.497 e. The third-order valence-corrected chi connectivity index (χ3v) is 22.2. The first kappa shape index (κ1) is 89.9. The van der Waals surface area contributed by atoms with E-state index in [0.717, 1.165) is 108 Å². The second-order valence-corrected chi connectivity index (χ2v) is 32.9. The summed E-state index contributed by atoms with van der Waals surface area (Å²) in [5.74, 6) is -2.80. The topological polar surface area (TPSA) is 404 Å². The van der Waals surface area contributed by atoms with Crippen LogP contribution >= 0.6 is 0 Å². The second kappa shape index (κ2) is 41.2. The van der Waals surface area contributed by atoms with Crippen LogP contribution in [0.4, 0.5) is 41.4 Å². The van der Waals surface area contributed by atoms with Crippen LogP contribution in [0.15, 0.2) is 104 Å². The highest BCUT2D eigenvalue weighted by atomic mass is 16.6. The van der Waals surface area contributed by atoms with Gasteiger partial charge in [-0.3, -0.25) is 53.2 Å². The molecular weight excluding hydrogens is 1510 g/mol. The summed E-state index contributed by atoms with van der Waals surface area (Å²) >= 11 is 0. The molecule has 0 radical (unpaired) electrons. The number of hydrogen-bond acceptors (Lipinski definition) is 21. The number of benzene rings is 2. The zero-order valence-corrected chi connectivity index (χ0v) is 69.4. The number of amides is 13. The van der Waals surface area contributed by atoms with E-state index in [0.29, 0.717) is 52.0 Å². The molecule has 11 rings (SSSR count). The van der Waals surface area contributed by atoms with E-state index in [1.165, 1.54) is 49.5 Å². The van der Waals surface area contributed by atoms with E-state index in [1.54, 1.807) is 129 Å². The number of pyridine rings is 3. The van der Waals surface area contributed by atoms with Gasteiger partial charge in [-0.25, -0.2) is 59.6 Å². The van der Waals surface area contributed by atoms with Gasteiger partial charge in [-0.05, 0) is 226 Å². The Hall–Kier alpha value is -11.0. The number of nitrogens with one attached hydrogen (secondary N) is 5. The molecule has 8 N–H and O–H groups in total. The van der Waals surface area contributed by atoms with Gasteiger partial charge in [-0.15, -0.1) is 0 Å². The maximum absolute atomic E-state index is 13.4. The zero-order chi connectivity index (χ0) is 85.0. The Morgan fingerprint density at radius 3 is 1.06 bits per heavy atom. The number of hydrogen-bond donors (Lipinski definition) is 7. The molecule has 6 aliphatic rings. The van der Waals surface area contributed by atoms with Gasteiger partial charge in [0.1, 0.15) is 52.2 Å². The van der Waals surface area contributed by atoms with E-state index in [9.17, 15) is 57.8 Å². The molecule has 0 unspecified atom stereocenters. The molecule has 0 spiro atoms. The highest BCUT2D eigenvalue weighted by Gasteiger charge is 2.57. The third kappa shape index (κ3) is 24.1. The van der Waals surface area contributed by atoms with E-state index in [1.807, 2.05) is 45.0 Å². The number of methoxy groups -OCH3 is 2. The minimum atomic E-state index is -1.29. The monoisotopic (exact) mass is 1620 g/mol. The molecule has 634 valence electrons. The van der Waals surface area contributed by atoms with E-state index < -0.39 is 107 Å². The molecule has 3 aliphatic carbocycles. The Balaban J connectivity index is 0.000000205. The predicted octanol–water partition coefficient (Wildman–Crippen LogP) is 11.3. The van der Waals surface area contributed by atoms with Crippen LogP contribution in [0.3, 0.4) is 0 Å². The molecule has 32 nitrogen and oxygen atoms in total. The van der Waals surface area contributed by atoms with Crippen molar-refractivity contribution in [2.75, 3.05) is 44.0 Å². The van der Waals surface area contributed by atoms with Gasteiger partial charge in [-0.1, -0.05) is 82.1 Å². The number of aromatic nitrogens is 3. The Kier molecular flexibility index (Phi) is 31.7. The summed E-state index contributed by atoms with van der Waals surface area (Å²) in [6.45, 7) is 16.8. The number of hydroxylamine groups is 2. The fourth-order valence-corrected chi connectivity index (χ4v) is 16.0. The largest absolute Gasteiger partial charge is 0.497 e. The number of carboxylic acids is 1. The molecule has 3 saturated heterocycles. The highest BCUT2D eigenvalue weighted by molar-refractivity contribution is 6.10. The number of carboxylic acid groups (broad SMARTS) is 1. The molecule has 9 atom stereocenters. The number of nitrogen functional groups attached to an aromatic ring is 1. The number of likely N-dealkylation sites (tertiary alicyclic amines) is 3. The average molecular weight is 1620 g/mol.